The molecule has 0 saturated carbocycles. The van der Waals surface area contributed by atoms with E-state index in [1.807, 2.05) is 4.68 Å². The van der Waals surface area contributed by atoms with Crippen molar-refractivity contribution in [1.29, 1.82) is 0 Å². The van der Waals surface area contributed by atoms with Crippen molar-refractivity contribution in [3.63, 3.8) is 0 Å². The normalized spacial score (nSPS) is 13.4. The Hall–Kier alpha value is -0.900. The zero-order valence-electron chi connectivity index (χ0n) is 6.99. The van der Waals surface area contributed by atoms with Crippen LogP contribution in [0.2, 0.25) is 0 Å². The lowest BCUT2D eigenvalue weighted by molar-refractivity contribution is 0.473. The SMILES string of the molecule is CCC(C)n1cnc(CN)n1. The average molecular weight is 154 g/mol. The molecule has 2 N–H and O–H groups in total. The predicted octanol–water partition coefficient (Wildman–Crippen LogP) is 0.708. The van der Waals surface area contributed by atoms with Crippen LogP contribution in [0.4, 0.5) is 0 Å². The zero-order valence-corrected chi connectivity index (χ0v) is 6.99. The molecule has 1 unspecified atom stereocenters. The third-order valence-electron chi connectivity index (χ3n) is 1.78. The molecule has 0 saturated heterocycles. The Morgan fingerprint density at radius 1 is 1.73 bits per heavy atom. The number of rotatable bonds is 3. The lowest BCUT2D eigenvalue weighted by Gasteiger charge is -2.06. The molecule has 4 nitrogen and oxygen atoms in total. The van der Waals surface area contributed by atoms with Crippen LogP contribution in [0.1, 0.15) is 32.1 Å². The molecule has 0 bridgehead atoms. The molecule has 0 aliphatic heterocycles. The van der Waals surface area contributed by atoms with Crippen molar-refractivity contribution in [3.8, 4) is 0 Å². The lowest BCUT2D eigenvalue weighted by atomic mass is 10.3. The van der Waals surface area contributed by atoms with E-state index in [0.29, 0.717) is 18.4 Å². The fourth-order valence-corrected chi connectivity index (χ4v) is 0.804. The van der Waals surface area contributed by atoms with Gasteiger partial charge in [0.25, 0.3) is 0 Å². The maximum absolute atomic E-state index is 5.37. The minimum absolute atomic E-state index is 0.419. The molecule has 4 heteroatoms. The summed E-state index contributed by atoms with van der Waals surface area (Å²) in [6.45, 7) is 4.65. The highest BCUT2D eigenvalue weighted by Crippen LogP contribution is 2.06. The molecular formula is C7H14N4. The minimum atomic E-state index is 0.419. The molecule has 62 valence electrons. The minimum Gasteiger partial charge on any atom is -0.324 e. The van der Waals surface area contributed by atoms with Crippen LogP contribution in [0.25, 0.3) is 0 Å². The summed E-state index contributed by atoms with van der Waals surface area (Å²) in [6.07, 6.45) is 2.80. The Balaban J connectivity index is 2.71. The quantitative estimate of drug-likeness (QED) is 0.697. The van der Waals surface area contributed by atoms with Gasteiger partial charge < -0.3 is 5.73 Å². The Bertz CT molecular complexity index is 218. The Morgan fingerprint density at radius 3 is 2.91 bits per heavy atom. The van der Waals surface area contributed by atoms with Gasteiger partial charge in [-0.05, 0) is 13.3 Å². The summed E-state index contributed by atoms with van der Waals surface area (Å²) in [5, 5.41) is 4.18. The van der Waals surface area contributed by atoms with E-state index in [-0.39, 0.29) is 0 Å². The maximum Gasteiger partial charge on any atom is 0.164 e. The van der Waals surface area contributed by atoms with Gasteiger partial charge in [-0.1, -0.05) is 6.92 Å². The van der Waals surface area contributed by atoms with Crippen LogP contribution in [0, 0.1) is 0 Å². The summed E-state index contributed by atoms with van der Waals surface area (Å²) in [5.74, 6) is 0.713. The van der Waals surface area contributed by atoms with Gasteiger partial charge in [0.15, 0.2) is 5.82 Å². The van der Waals surface area contributed by atoms with Gasteiger partial charge in [-0.25, -0.2) is 9.67 Å². The first-order chi connectivity index (χ1) is 5.27. The van der Waals surface area contributed by atoms with Gasteiger partial charge in [0.1, 0.15) is 6.33 Å². The van der Waals surface area contributed by atoms with Crippen molar-refractivity contribution in [2.24, 2.45) is 5.73 Å². The molecule has 1 aromatic rings. The molecule has 0 radical (unpaired) electrons. The van der Waals surface area contributed by atoms with Gasteiger partial charge in [0, 0.05) is 0 Å². The molecule has 0 fully saturated rings. The first kappa shape index (κ1) is 8.20. The third kappa shape index (κ3) is 1.77. The second kappa shape index (κ2) is 3.48. The van der Waals surface area contributed by atoms with Crippen LogP contribution >= 0.6 is 0 Å². The van der Waals surface area contributed by atoms with E-state index in [9.17, 15) is 0 Å². The lowest BCUT2D eigenvalue weighted by Crippen LogP contribution is -2.06. The predicted molar refractivity (Wildman–Crippen MR) is 42.9 cm³/mol. The summed E-state index contributed by atoms with van der Waals surface area (Å²) in [7, 11) is 0. The topological polar surface area (TPSA) is 56.7 Å². The number of hydrogen-bond acceptors (Lipinski definition) is 3. The highest BCUT2D eigenvalue weighted by atomic mass is 15.3. The Labute approximate surface area is 66.4 Å². The van der Waals surface area contributed by atoms with E-state index in [1.165, 1.54) is 0 Å². The molecule has 1 heterocycles. The van der Waals surface area contributed by atoms with Gasteiger partial charge in [0.2, 0.25) is 0 Å². The average Bonchev–Trinajstić information content (AvgIpc) is 2.50. The van der Waals surface area contributed by atoms with Crippen LogP contribution < -0.4 is 5.73 Å². The molecule has 1 rings (SSSR count). The van der Waals surface area contributed by atoms with Gasteiger partial charge in [-0.2, -0.15) is 5.10 Å². The van der Waals surface area contributed by atoms with E-state index in [4.69, 9.17) is 5.73 Å². The van der Waals surface area contributed by atoms with Crippen molar-refractivity contribution >= 4 is 0 Å². The van der Waals surface area contributed by atoms with Gasteiger partial charge in [0.05, 0.1) is 12.6 Å². The highest BCUT2D eigenvalue weighted by molar-refractivity contribution is 4.80. The van der Waals surface area contributed by atoms with Crippen LogP contribution in [0.5, 0.6) is 0 Å². The zero-order chi connectivity index (χ0) is 8.27. The largest absolute Gasteiger partial charge is 0.324 e. The smallest absolute Gasteiger partial charge is 0.164 e. The second-order valence-electron chi connectivity index (χ2n) is 2.60. The summed E-state index contributed by atoms with van der Waals surface area (Å²) in [4.78, 5) is 4.03. The molecule has 0 aliphatic rings. The third-order valence-corrected chi connectivity index (χ3v) is 1.78. The number of nitrogens with two attached hydrogens (primary N) is 1. The molecule has 0 spiro atoms. The molecule has 0 aliphatic carbocycles. The van der Waals surface area contributed by atoms with Crippen LogP contribution in [-0.4, -0.2) is 14.8 Å². The molecule has 1 aromatic heterocycles. The van der Waals surface area contributed by atoms with Crippen LogP contribution in [-0.2, 0) is 6.54 Å². The summed E-state index contributed by atoms with van der Waals surface area (Å²) >= 11 is 0. The van der Waals surface area contributed by atoms with E-state index >= 15 is 0 Å². The first-order valence-corrected chi connectivity index (χ1v) is 3.88. The molecular weight excluding hydrogens is 140 g/mol. The van der Waals surface area contributed by atoms with Gasteiger partial charge >= 0.3 is 0 Å². The second-order valence-corrected chi connectivity index (χ2v) is 2.60. The van der Waals surface area contributed by atoms with Gasteiger partial charge in [-0.15, -0.1) is 0 Å². The van der Waals surface area contributed by atoms with E-state index in [0.717, 1.165) is 6.42 Å². The molecule has 1 atom stereocenters. The Kier molecular flexibility index (Phi) is 2.59. The summed E-state index contributed by atoms with van der Waals surface area (Å²) in [5.41, 5.74) is 5.37. The standard InChI is InChI=1S/C7H14N4/c1-3-6(2)11-5-9-7(4-8)10-11/h5-6H,3-4,8H2,1-2H3. The number of aromatic nitrogens is 3. The van der Waals surface area contributed by atoms with Crippen molar-refractivity contribution in [1.82, 2.24) is 14.8 Å². The van der Waals surface area contributed by atoms with Crippen molar-refractivity contribution in [2.45, 2.75) is 32.9 Å². The van der Waals surface area contributed by atoms with E-state index < -0.39 is 0 Å². The van der Waals surface area contributed by atoms with Crippen molar-refractivity contribution in [2.75, 3.05) is 0 Å². The number of nitrogens with zero attached hydrogens (tertiary/aromatic N) is 3. The first-order valence-electron chi connectivity index (χ1n) is 3.88. The van der Waals surface area contributed by atoms with Crippen molar-refractivity contribution < 1.29 is 0 Å². The van der Waals surface area contributed by atoms with Crippen LogP contribution in [0.15, 0.2) is 6.33 Å². The summed E-state index contributed by atoms with van der Waals surface area (Å²) in [6, 6.07) is 0.419. The monoisotopic (exact) mass is 154 g/mol. The van der Waals surface area contributed by atoms with E-state index in [2.05, 4.69) is 23.9 Å². The Morgan fingerprint density at radius 2 is 2.45 bits per heavy atom. The molecule has 11 heavy (non-hydrogen) atoms. The number of hydrogen-bond donors (Lipinski definition) is 1. The molecule has 0 aromatic carbocycles. The van der Waals surface area contributed by atoms with E-state index in [1.54, 1.807) is 6.33 Å². The van der Waals surface area contributed by atoms with Crippen molar-refractivity contribution in [3.05, 3.63) is 12.2 Å². The van der Waals surface area contributed by atoms with Crippen LogP contribution in [0.3, 0.4) is 0 Å². The fourth-order valence-electron chi connectivity index (χ4n) is 0.804. The maximum atomic E-state index is 5.37. The molecule has 0 amide bonds. The highest BCUT2D eigenvalue weighted by Gasteiger charge is 2.03. The van der Waals surface area contributed by atoms with Gasteiger partial charge in [-0.3, -0.25) is 0 Å². The fraction of sp³-hybridized carbons (Fsp3) is 0.714. The summed E-state index contributed by atoms with van der Waals surface area (Å²) < 4.78 is 1.85.